The second-order valence-electron chi connectivity index (χ2n) is 5.42. The summed E-state index contributed by atoms with van der Waals surface area (Å²) >= 11 is 0. The highest BCUT2D eigenvalue weighted by atomic mass is 19.1. The predicted molar refractivity (Wildman–Crippen MR) is 71.3 cm³/mol. The first-order valence-corrected chi connectivity index (χ1v) is 6.87. The first-order valence-electron chi connectivity index (χ1n) is 6.87. The maximum Gasteiger partial charge on any atom is 0.254 e. The maximum absolute atomic E-state index is 13.6. The quantitative estimate of drug-likeness (QED) is 0.891. The second kappa shape index (κ2) is 6.31. The fourth-order valence-electron chi connectivity index (χ4n) is 2.77. The van der Waals surface area contributed by atoms with Gasteiger partial charge in [-0.3, -0.25) is 4.79 Å². The van der Waals surface area contributed by atoms with E-state index in [2.05, 4.69) is 5.32 Å². The average Bonchev–Trinajstić information content (AvgIpc) is 2.87. The molecule has 2 N–H and O–H groups in total. The standard InChI is InChI=1S/C15H19F2NO2/c1-9-5-12(14(17)6-13(9)16)15(20)18-7-10-3-2-4-11(10)8-19/h5-6,10-11,19H,2-4,7-8H2,1H3,(H,18,20). The molecule has 0 heterocycles. The molecule has 1 aromatic carbocycles. The SMILES string of the molecule is Cc1cc(C(=O)NCC2CCCC2CO)c(F)cc1F. The fraction of sp³-hybridized carbons (Fsp3) is 0.533. The lowest BCUT2D eigenvalue weighted by Gasteiger charge is -2.18. The van der Waals surface area contributed by atoms with Crippen molar-refractivity contribution in [1.82, 2.24) is 5.32 Å². The first kappa shape index (κ1) is 14.9. The third-order valence-corrected chi connectivity index (χ3v) is 4.07. The second-order valence-corrected chi connectivity index (χ2v) is 5.42. The van der Waals surface area contributed by atoms with Gasteiger partial charge in [-0.2, -0.15) is 0 Å². The van der Waals surface area contributed by atoms with Crippen LogP contribution in [-0.4, -0.2) is 24.2 Å². The molecule has 1 fully saturated rings. The number of carbonyl (C=O) groups excluding carboxylic acids is 1. The van der Waals surface area contributed by atoms with Gasteiger partial charge in [-0.1, -0.05) is 6.42 Å². The molecular weight excluding hydrogens is 264 g/mol. The van der Waals surface area contributed by atoms with Gasteiger partial charge in [0.1, 0.15) is 11.6 Å². The van der Waals surface area contributed by atoms with E-state index < -0.39 is 17.5 Å². The molecule has 2 atom stereocenters. The van der Waals surface area contributed by atoms with Gasteiger partial charge in [-0.05, 0) is 43.2 Å². The van der Waals surface area contributed by atoms with Crippen LogP contribution in [0.5, 0.6) is 0 Å². The van der Waals surface area contributed by atoms with Gasteiger partial charge < -0.3 is 10.4 Å². The molecule has 2 rings (SSSR count). The van der Waals surface area contributed by atoms with E-state index in [4.69, 9.17) is 0 Å². The van der Waals surface area contributed by atoms with E-state index in [1.54, 1.807) is 0 Å². The zero-order valence-corrected chi connectivity index (χ0v) is 11.5. The molecular formula is C15H19F2NO2. The van der Waals surface area contributed by atoms with Gasteiger partial charge in [0.15, 0.2) is 0 Å². The van der Waals surface area contributed by atoms with E-state index in [1.807, 2.05) is 0 Å². The topological polar surface area (TPSA) is 49.3 Å². The van der Waals surface area contributed by atoms with Crippen molar-refractivity contribution in [3.05, 3.63) is 34.9 Å². The van der Waals surface area contributed by atoms with Gasteiger partial charge in [0.05, 0.1) is 5.56 Å². The van der Waals surface area contributed by atoms with Crippen LogP contribution < -0.4 is 5.32 Å². The molecule has 5 heteroatoms. The number of halogens is 2. The number of aliphatic hydroxyl groups excluding tert-OH is 1. The Bertz CT molecular complexity index is 505. The Morgan fingerprint density at radius 2 is 2.00 bits per heavy atom. The van der Waals surface area contributed by atoms with Gasteiger partial charge in [-0.25, -0.2) is 8.78 Å². The van der Waals surface area contributed by atoms with Crippen LogP contribution in [0.2, 0.25) is 0 Å². The number of amides is 1. The Labute approximate surface area is 117 Å². The summed E-state index contributed by atoms with van der Waals surface area (Å²) < 4.78 is 26.7. The largest absolute Gasteiger partial charge is 0.396 e. The summed E-state index contributed by atoms with van der Waals surface area (Å²) in [5.41, 5.74) is 0.105. The lowest BCUT2D eigenvalue weighted by molar-refractivity contribution is 0.0933. The zero-order chi connectivity index (χ0) is 14.7. The Morgan fingerprint density at radius 3 is 2.70 bits per heavy atom. The Morgan fingerprint density at radius 1 is 1.30 bits per heavy atom. The fourth-order valence-corrected chi connectivity index (χ4v) is 2.77. The summed E-state index contributed by atoms with van der Waals surface area (Å²) in [7, 11) is 0. The van der Waals surface area contributed by atoms with Crippen LogP contribution in [0.1, 0.15) is 35.2 Å². The van der Waals surface area contributed by atoms with E-state index in [9.17, 15) is 18.7 Å². The van der Waals surface area contributed by atoms with Crippen molar-refractivity contribution in [2.75, 3.05) is 13.2 Å². The molecule has 0 spiro atoms. The van der Waals surface area contributed by atoms with Gasteiger partial charge in [0.25, 0.3) is 5.91 Å². The molecule has 1 aromatic rings. The van der Waals surface area contributed by atoms with Gasteiger partial charge in [0.2, 0.25) is 0 Å². The van der Waals surface area contributed by atoms with Crippen molar-refractivity contribution in [3.63, 3.8) is 0 Å². The third kappa shape index (κ3) is 3.15. The summed E-state index contributed by atoms with van der Waals surface area (Å²) in [6.07, 6.45) is 2.95. The number of aryl methyl sites for hydroxylation is 1. The Kier molecular flexibility index (Phi) is 4.70. The minimum Gasteiger partial charge on any atom is -0.396 e. The average molecular weight is 283 g/mol. The number of hydrogen-bond acceptors (Lipinski definition) is 2. The van der Waals surface area contributed by atoms with E-state index in [1.165, 1.54) is 13.0 Å². The lowest BCUT2D eigenvalue weighted by atomic mass is 9.97. The molecule has 0 aliphatic heterocycles. The molecule has 2 unspecified atom stereocenters. The number of aliphatic hydroxyl groups is 1. The molecule has 1 aliphatic rings. The molecule has 0 saturated heterocycles. The Hall–Kier alpha value is -1.49. The van der Waals surface area contributed by atoms with E-state index >= 15 is 0 Å². The first-order chi connectivity index (χ1) is 9.52. The lowest BCUT2D eigenvalue weighted by Crippen LogP contribution is -2.32. The molecule has 110 valence electrons. The number of benzene rings is 1. The number of nitrogens with one attached hydrogen (secondary N) is 1. The molecule has 0 aromatic heterocycles. The van der Waals surface area contributed by atoms with Crippen molar-refractivity contribution in [3.8, 4) is 0 Å². The highest BCUT2D eigenvalue weighted by Gasteiger charge is 2.27. The molecule has 20 heavy (non-hydrogen) atoms. The van der Waals surface area contributed by atoms with Crippen LogP contribution in [0.3, 0.4) is 0 Å². The van der Waals surface area contributed by atoms with Crippen molar-refractivity contribution in [2.45, 2.75) is 26.2 Å². The van der Waals surface area contributed by atoms with Gasteiger partial charge in [0, 0.05) is 19.2 Å². The Balaban J connectivity index is 2.00. The summed E-state index contributed by atoms with van der Waals surface area (Å²) in [5.74, 6) is -1.61. The van der Waals surface area contributed by atoms with Crippen molar-refractivity contribution < 1.29 is 18.7 Å². The van der Waals surface area contributed by atoms with E-state index in [0.29, 0.717) is 6.54 Å². The molecule has 1 aliphatic carbocycles. The van der Waals surface area contributed by atoms with Gasteiger partial charge >= 0.3 is 0 Å². The molecule has 1 saturated carbocycles. The minimum absolute atomic E-state index is 0.116. The molecule has 3 nitrogen and oxygen atoms in total. The van der Waals surface area contributed by atoms with Crippen LogP contribution in [0, 0.1) is 30.4 Å². The molecule has 1 amide bonds. The smallest absolute Gasteiger partial charge is 0.254 e. The van der Waals surface area contributed by atoms with E-state index in [-0.39, 0.29) is 29.6 Å². The normalized spacial score (nSPS) is 22.0. The number of rotatable bonds is 4. The van der Waals surface area contributed by atoms with Crippen molar-refractivity contribution in [2.24, 2.45) is 11.8 Å². The zero-order valence-electron chi connectivity index (χ0n) is 11.5. The third-order valence-electron chi connectivity index (χ3n) is 4.07. The van der Waals surface area contributed by atoms with Crippen LogP contribution in [0.15, 0.2) is 12.1 Å². The van der Waals surface area contributed by atoms with Crippen LogP contribution >= 0.6 is 0 Å². The van der Waals surface area contributed by atoms with Gasteiger partial charge in [-0.15, -0.1) is 0 Å². The summed E-state index contributed by atoms with van der Waals surface area (Å²) in [5, 5.41) is 11.9. The summed E-state index contributed by atoms with van der Waals surface area (Å²) in [6.45, 7) is 2.02. The monoisotopic (exact) mass is 283 g/mol. The van der Waals surface area contributed by atoms with Crippen LogP contribution in [0.4, 0.5) is 8.78 Å². The summed E-state index contributed by atoms with van der Waals surface area (Å²) in [4.78, 5) is 11.9. The van der Waals surface area contributed by atoms with E-state index in [0.717, 1.165) is 25.3 Å². The van der Waals surface area contributed by atoms with Crippen LogP contribution in [0.25, 0.3) is 0 Å². The minimum atomic E-state index is -0.851. The predicted octanol–water partition coefficient (Wildman–Crippen LogP) is 2.41. The van der Waals surface area contributed by atoms with Crippen LogP contribution in [-0.2, 0) is 0 Å². The van der Waals surface area contributed by atoms with Crippen molar-refractivity contribution in [1.29, 1.82) is 0 Å². The number of hydrogen-bond donors (Lipinski definition) is 2. The van der Waals surface area contributed by atoms with Crippen molar-refractivity contribution >= 4 is 5.91 Å². The molecule has 0 bridgehead atoms. The highest BCUT2D eigenvalue weighted by molar-refractivity contribution is 5.94. The number of carbonyl (C=O) groups is 1. The summed E-state index contributed by atoms with van der Waals surface area (Å²) in [6, 6.07) is 1.95. The highest BCUT2D eigenvalue weighted by Crippen LogP contribution is 2.30. The molecule has 0 radical (unpaired) electrons. The maximum atomic E-state index is 13.6.